The Labute approximate surface area is 132 Å². The topological polar surface area (TPSA) is 29.5 Å². The van der Waals surface area contributed by atoms with E-state index in [9.17, 15) is 4.79 Å². The van der Waals surface area contributed by atoms with E-state index >= 15 is 0 Å². The van der Waals surface area contributed by atoms with Crippen LogP contribution in [0.1, 0.15) is 51.1 Å². The molecule has 0 saturated heterocycles. The van der Waals surface area contributed by atoms with E-state index in [-0.39, 0.29) is 11.9 Å². The summed E-state index contributed by atoms with van der Waals surface area (Å²) in [6.45, 7) is 5.40. The molecule has 4 heteroatoms. The second-order valence-electron chi connectivity index (χ2n) is 5.53. The van der Waals surface area contributed by atoms with Gasteiger partial charge in [-0.05, 0) is 44.7 Å². The van der Waals surface area contributed by atoms with Crippen LogP contribution in [0, 0.1) is 0 Å². The molecule has 1 atom stereocenters. The highest BCUT2D eigenvalue weighted by Gasteiger charge is 2.36. The molecule has 2 rings (SSSR count). The number of carbonyl (C=O) groups is 1. The summed E-state index contributed by atoms with van der Waals surface area (Å²) in [4.78, 5) is 14.6. The van der Waals surface area contributed by atoms with Crippen molar-refractivity contribution in [2.75, 3.05) is 13.2 Å². The number of nitrogens with zero attached hydrogens (tertiary/aromatic N) is 1. The Morgan fingerprint density at radius 1 is 1.43 bits per heavy atom. The molecule has 1 aromatic rings. The van der Waals surface area contributed by atoms with Gasteiger partial charge in [0, 0.05) is 30.7 Å². The Kier molecular flexibility index (Phi) is 6.07. The van der Waals surface area contributed by atoms with Crippen LogP contribution in [0.2, 0.25) is 5.02 Å². The molecule has 0 aliphatic heterocycles. The summed E-state index contributed by atoms with van der Waals surface area (Å²) in [5.74, 6) is 0.213. The van der Waals surface area contributed by atoms with Gasteiger partial charge in [-0.2, -0.15) is 0 Å². The summed E-state index contributed by atoms with van der Waals surface area (Å²) in [7, 11) is 0. The molecule has 1 aliphatic rings. The van der Waals surface area contributed by atoms with Crippen molar-refractivity contribution in [2.24, 2.45) is 0 Å². The maximum Gasteiger partial charge on any atom is 0.223 e. The molecule has 1 saturated carbocycles. The summed E-state index contributed by atoms with van der Waals surface area (Å²) in [5.41, 5.74) is 1.03. The second kappa shape index (κ2) is 7.81. The molecular formula is C17H24ClNO2. The lowest BCUT2D eigenvalue weighted by Crippen LogP contribution is -2.35. The van der Waals surface area contributed by atoms with Crippen LogP contribution in [0.4, 0.5) is 0 Å². The average molecular weight is 310 g/mol. The highest BCUT2D eigenvalue weighted by Crippen LogP contribution is 2.37. The van der Waals surface area contributed by atoms with E-state index in [1.54, 1.807) is 0 Å². The van der Waals surface area contributed by atoms with Gasteiger partial charge in [0.25, 0.3) is 0 Å². The van der Waals surface area contributed by atoms with Crippen molar-refractivity contribution in [1.29, 1.82) is 0 Å². The van der Waals surface area contributed by atoms with Crippen molar-refractivity contribution in [3.63, 3.8) is 0 Å². The first kappa shape index (κ1) is 16.3. The van der Waals surface area contributed by atoms with Crippen LogP contribution in [0.15, 0.2) is 24.3 Å². The van der Waals surface area contributed by atoms with Crippen molar-refractivity contribution in [3.05, 3.63) is 34.9 Å². The Hall–Kier alpha value is -1.06. The molecule has 0 radical (unpaired) electrons. The third-order valence-electron chi connectivity index (χ3n) is 3.88. The summed E-state index contributed by atoms with van der Waals surface area (Å²) in [6, 6.07) is 8.21. The van der Waals surface area contributed by atoms with E-state index in [4.69, 9.17) is 16.3 Å². The van der Waals surface area contributed by atoms with E-state index < -0.39 is 0 Å². The molecule has 21 heavy (non-hydrogen) atoms. The summed E-state index contributed by atoms with van der Waals surface area (Å²) in [5, 5.41) is 0.734. The average Bonchev–Trinajstić information content (AvgIpc) is 3.29. The molecule has 0 spiro atoms. The molecule has 1 fully saturated rings. The minimum atomic E-state index is 0.0331. The summed E-state index contributed by atoms with van der Waals surface area (Å²) >= 11 is 6.28. The second-order valence-corrected chi connectivity index (χ2v) is 5.94. The fourth-order valence-electron chi connectivity index (χ4n) is 2.65. The zero-order chi connectivity index (χ0) is 15.2. The molecule has 3 nitrogen and oxygen atoms in total. The van der Waals surface area contributed by atoms with Gasteiger partial charge in [-0.3, -0.25) is 4.79 Å². The van der Waals surface area contributed by atoms with Gasteiger partial charge in [-0.15, -0.1) is 0 Å². The van der Waals surface area contributed by atoms with Gasteiger partial charge in [0.1, 0.15) is 0 Å². The number of hydrogen-bond acceptors (Lipinski definition) is 2. The number of ether oxygens (including phenoxy) is 1. The Balaban J connectivity index is 2.01. The Bertz CT molecular complexity index is 474. The molecule has 0 aromatic heterocycles. The minimum absolute atomic E-state index is 0.0331. The van der Waals surface area contributed by atoms with Crippen molar-refractivity contribution in [2.45, 2.75) is 51.6 Å². The zero-order valence-electron chi connectivity index (χ0n) is 12.8. The first-order valence-electron chi connectivity index (χ1n) is 7.78. The van der Waals surface area contributed by atoms with Crippen LogP contribution in [-0.2, 0) is 9.53 Å². The fourth-order valence-corrected chi connectivity index (χ4v) is 2.94. The van der Waals surface area contributed by atoms with Crippen LogP contribution >= 0.6 is 11.6 Å². The number of amides is 1. The zero-order valence-corrected chi connectivity index (χ0v) is 13.6. The third kappa shape index (κ3) is 4.45. The van der Waals surface area contributed by atoms with E-state index in [0.717, 1.165) is 29.8 Å². The molecule has 1 aliphatic carbocycles. The van der Waals surface area contributed by atoms with Crippen LogP contribution in [0.3, 0.4) is 0 Å². The van der Waals surface area contributed by atoms with Crippen molar-refractivity contribution >= 4 is 17.5 Å². The van der Waals surface area contributed by atoms with E-state index in [0.29, 0.717) is 25.7 Å². The number of carbonyl (C=O) groups excluding carboxylic acids is 1. The molecule has 1 aromatic carbocycles. The Morgan fingerprint density at radius 3 is 2.76 bits per heavy atom. The van der Waals surface area contributed by atoms with E-state index in [1.165, 1.54) is 0 Å². The summed E-state index contributed by atoms with van der Waals surface area (Å²) in [6.07, 6.45) is 3.54. The molecule has 0 bridgehead atoms. The molecule has 1 amide bonds. The van der Waals surface area contributed by atoms with Gasteiger partial charge >= 0.3 is 0 Å². The fraction of sp³-hybridized carbons (Fsp3) is 0.588. The molecule has 116 valence electrons. The van der Waals surface area contributed by atoms with E-state index in [1.807, 2.05) is 36.1 Å². The van der Waals surface area contributed by atoms with Gasteiger partial charge in [0.15, 0.2) is 0 Å². The molecule has 0 heterocycles. The molecule has 0 N–H and O–H groups in total. The van der Waals surface area contributed by atoms with Gasteiger partial charge in [-0.25, -0.2) is 0 Å². The van der Waals surface area contributed by atoms with Crippen LogP contribution in [0.5, 0.6) is 0 Å². The maximum atomic E-state index is 12.5. The summed E-state index contributed by atoms with van der Waals surface area (Å²) < 4.78 is 5.31. The van der Waals surface area contributed by atoms with Crippen molar-refractivity contribution in [1.82, 2.24) is 4.90 Å². The van der Waals surface area contributed by atoms with Crippen LogP contribution in [-0.4, -0.2) is 30.1 Å². The lowest BCUT2D eigenvalue weighted by atomic mass is 10.1. The van der Waals surface area contributed by atoms with Crippen LogP contribution in [0.25, 0.3) is 0 Å². The molecular weight excluding hydrogens is 286 g/mol. The number of hydrogen-bond donors (Lipinski definition) is 0. The lowest BCUT2D eigenvalue weighted by Gasteiger charge is -2.30. The monoisotopic (exact) mass is 309 g/mol. The van der Waals surface area contributed by atoms with Gasteiger partial charge in [0.2, 0.25) is 5.91 Å². The van der Waals surface area contributed by atoms with Gasteiger partial charge in [-0.1, -0.05) is 29.8 Å². The number of benzene rings is 1. The number of halogens is 1. The standard InChI is InChI=1S/C17H24ClNO2/c1-3-21-12-6-9-17(20)19(14-10-11-14)13(2)15-7-4-5-8-16(15)18/h4-5,7-8,13-14H,3,6,9-12H2,1-2H3. The quantitative estimate of drug-likeness (QED) is 0.673. The van der Waals surface area contributed by atoms with Crippen LogP contribution < -0.4 is 0 Å². The normalized spacial score (nSPS) is 15.8. The first-order valence-corrected chi connectivity index (χ1v) is 8.16. The first-order chi connectivity index (χ1) is 10.1. The van der Waals surface area contributed by atoms with Gasteiger partial charge in [0.05, 0.1) is 6.04 Å². The highest BCUT2D eigenvalue weighted by molar-refractivity contribution is 6.31. The van der Waals surface area contributed by atoms with Crippen molar-refractivity contribution < 1.29 is 9.53 Å². The maximum absolute atomic E-state index is 12.5. The SMILES string of the molecule is CCOCCCC(=O)N(C1CC1)C(C)c1ccccc1Cl. The van der Waals surface area contributed by atoms with Crippen molar-refractivity contribution in [3.8, 4) is 0 Å². The number of rotatable bonds is 8. The predicted octanol–water partition coefficient (Wildman–Crippen LogP) is 4.21. The van der Waals surface area contributed by atoms with Gasteiger partial charge < -0.3 is 9.64 Å². The predicted molar refractivity (Wildman–Crippen MR) is 85.5 cm³/mol. The third-order valence-corrected chi connectivity index (χ3v) is 4.23. The largest absolute Gasteiger partial charge is 0.382 e. The smallest absolute Gasteiger partial charge is 0.223 e. The Morgan fingerprint density at radius 2 is 2.14 bits per heavy atom. The minimum Gasteiger partial charge on any atom is -0.382 e. The van der Waals surface area contributed by atoms with E-state index in [2.05, 4.69) is 6.92 Å². The highest BCUT2D eigenvalue weighted by atomic mass is 35.5. The lowest BCUT2D eigenvalue weighted by molar-refractivity contribution is -0.134. The molecule has 1 unspecified atom stereocenters.